The number of nitrogens with one attached hydrogen (secondary N) is 1. The van der Waals surface area contributed by atoms with E-state index in [-0.39, 0.29) is 17.7 Å². The van der Waals surface area contributed by atoms with Crippen LogP contribution in [0, 0.1) is 5.92 Å². The van der Waals surface area contributed by atoms with E-state index in [0.717, 1.165) is 22.1 Å². The van der Waals surface area contributed by atoms with Crippen LogP contribution in [0.4, 0.5) is 11.4 Å². The Balaban J connectivity index is 1.92. The van der Waals surface area contributed by atoms with Crippen molar-refractivity contribution in [3.63, 3.8) is 0 Å². The molecule has 3 unspecified atom stereocenters. The van der Waals surface area contributed by atoms with E-state index >= 15 is 0 Å². The van der Waals surface area contributed by atoms with Crippen molar-refractivity contribution < 1.29 is 10.2 Å². The summed E-state index contributed by atoms with van der Waals surface area (Å²) < 4.78 is 0. The van der Waals surface area contributed by atoms with Gasteiger partial charge >= 0.3 is 0 Å². The summed E-state index contributed by atoms with van der Waals surface area (Å²) in [4.78, 5) is 0. The van der Waals surface area contributed by atoms with Crippen LogP contribution < -0.4 is 11.1 Å². The highest BCUT2D eigenvalue weighted by atomic mass is 16.3. The van der Waals surface area contributed by atoms with E-state index < -0.39 is 6.10 Å². The second-order valence-corrected chi connectivity index (χ2v) is 5.70. The largest absolute Gasteiger partial charge is 0.508 e. The lowest BCUT2D eigenvalue weighted by Crippen LogP contribution is -2.34. The van der Waals surface area contributed by atoms with Gasteiger partial charge in [0.1, 0.15) is 5.76 Å². The molecule has 1 aliphatic rings. The molecule has 0 bridgehead atoms. The average molecular weight is 296 g/mol. The van der Waals surface area contributed by atoms with Crippen LogP contribution in [0.5, 0.6) is 0 Å². The number of nitrogens with two attached hydrogens (primary N) is 1. The van der Waals surface area contributed by atoms with E-state index in [1.807, 2.05) is 43.3 Å². The molecule has 114 valence electrons. The van der Waals surface area contributed by atoms with Crippen molar-refractivity contribution in [1.29, 1.82) is 0 Å². The number of hydrogen-bond acceptors (Lipinski definition) is 4. The number of fused-ring (bicyclic) bond motifs is 1. The lowest BCUT2D eigenvalue weighted by atomic mass is 9.90. The van der Waals surface area contributed by atoms with Gasteiger partial charge in [-0.15, -0.1) is 0 Å². The Morgan fingerprint density at radius 1 is 1.18 bits per heavy atom. The third kappa shape index (κ3) is 2.65. The standard InChI is InChI=1S/C18H20N2O2/c1-11(14-10-13(21)8-9-17(14)22)20-16-7-3-5-12-4-2-6-15(19)18(12)16/h2-11,14,17,20-22H,19H2,1H3. The molecular formula is C18H20N2O2. The van der Waals surface area contributed by atoms with Crippen molar-refractivity contribution in [2.75, 3.05) is 11.1 Å². The van der Waals surface area contributed by atoms with Crippen molar-refractivity contribution in [2.24, 2.45) is 5.92 Å². The zero-order chi connectivity index (χ0) is 15.7. The van der Waals surface area contributed by atoms with Crippen molar-refractivity contribution in [3.05, 3.63) is 60.4 Å². The average Bonchev–Trinajstić information content (AvgIpc) is 2.50. The summed E-state index contributed by atoms with van der Waals surface area (Å²) in [6, 6.07) is 11.7. The number of hydrogen-bond donors (Lipinski definition) is 4. The van der Waals surface area contributed by atoms with Crippen LogP contribution >= 0.6 is 0 Å². The molecule has 3 atom stereocenters. The minimum atomic E-state index is -0.620. The van der Waals surface area contributed by atoms with Gasteiger partial charge in [-0.3, -0.25) is 0 Å². The number of aliphatic hydroxyl groups is 2. The van der Waals surface area contributed by atoms with Crippen molar-refractivity contribution >= 4 is 22.1 Å². The number of nitrogen functional groups attached to an aromatic ring is 1. The number of anilines is 2. The molecule has 3 rings (SSSR count). The minimum Gasteiger partial charge on any atom is -0.508 e. The van der Waals surface area contributed by atoms with Crippen LogP contribution in [0.1, 0.15) is 6.92 Å². The first kappa shape index (κ1) is 14.5. The molecule has 4 nitrogen and oxygen atoms in total. The lowest BCUT2D eigenvalue weighted by molar-refractivity contribution is 0.162. The summed E-state index contributed by atoms with van der Waals surface area (Å²) in [5, 5.41) is 25.2. The van der Waals surface area contributed by atoms with Gasteiger partial charge in [-0.2, -0.15) is 0 Å². The Labute approximate surface area is 129 Å². The molecule has 0 aliphatic heterocycles. The molecule has 0 radical (unpaired) electrons. The van der Waals surface area contributed by atoms with E-state index in [0.29, 0.717) is 0 Å². The molecule has 0 heterocycles. The summed E-state index contributed by atoms with van der Waals surface area (Å²) >= 11 is 0. The minimum absolute atomic E-state index is 0.0627. The maximum Gasteiger partial charge on any atom is 0.111 e. The summed E-state index contributed by atoms with van der Waals surface area (Å²) in [5.41, 5.74) is 7.75. The maximum atomic E-state index is 10.1. The highest BCUT2D eigenvalue weighted by Crippen LogP contribution is 2.31. The van der Waals surface area contributed by atoms with Gasteiger partial charge < -0.3 is 21.3 Å². The lowest BCUT2D eigenvalue weighted by Gasteiger charge is -2.28. The van der Waals surface area contributed by atoms with E-state index in [2.05, 4.69) is 5.32 Å². The molecule has 0 spiro atoms. The van der Waals surface area contributed by atoms with Gasteiger partial charge in [-0.1, -0.05) is 30.3 Å². The van der Waals surface area contributed by atoms with Crippen molar-refractivity contribution in [3.8, 4) is 0 Å². The molecule has 4 heteroatoms. The topological polar surface area (TPSA) is 78.5 Å². The molecule has 0 saturated heterocycles. The predicted molar refractivity (Wildman–Crippen MR) is 90.8 cm³/mol. The van der Waals surface area contributed by atoms with E-state index in [9.17, 15) is 10.2 Å². The summed E-state index contributed by atoms with van der Waals surface area (Å²) in [6.07, 6.45) is 4.18. The number of allylic oxidation sites excluding steroid dienone is 1. The molecule has 2 aromatic rings. The van der Waals surface area contributed by atoms with Gasteiger partial charge in [0.2, 0.25) is 0 Å². The normalized spacial score (nSPS) is 22.4. The Kier molecular flexibility index (Phi) is 3.77. The molecule has 0 amide bonds. The SMILES string of the molecule is CC(Nc1cccc2cccc(N)c12)C1C=C(O)C=CC1O. The van der Waals surface area contributed by atoms with E-state index in [4.69, 9.17) is 5.73 Å². The molecule has 0 aromatic heterocycles. The maximum absolute atomic E-state index is 10.1. The highest BCUT2D eigenvalue weighted by Gasteiger charge is 2.25. The smallest absolute Gasteiger partial charge is 0.111 e. The first-order valence-corrected chi connectivity index (χ1v) is 7.37. The fourth-order valence-corrected chi connectivity index (χ4v) is 2.95. The zero-order valence-corrected chi connectivity index (χ0v) is 12.4. The van der Waals surface area contributed by atoms with Gasteiger partial charge in [0.15, 0.2) is 0 Å². The van der Waals surface area contributed by atoms with Gasteiger partial charge in [-0.05, 0) is 36.6 Å². The van der Waals surface area contributed by atoms with Crippen LogP contribution in [0.25, 0.3) is 10.8 Å². The van der Waals surface area contributed by atoms with Gasteiger partial charge in [0.05, 0.1) is 6.10 Å². The van der Waals surface area contributed by atoms with Gasteiger partial charge in [0.25, 0.3) is 0 Å². The second-order valence-electron chi connectivity index (χ2n) is 5.70. The van der Waals surface area contributed by atoms with E-state index in [1.54, 1.807) is 12.2 Å². The van der Waals surface area contributed by atoms with Crippen LogP contribution in [0.3, 0.4) is 0 Å². The van der Waals surface area contributed by atoms with Gasteiger partial charge in [-0.25, -0.2) is 0 Å². The number of benzene rings is 2. The quantitative estimate of drug-likeness (QED) is 0.656. The fraction of sp³-hybridized carbons (Fsp3) is 0.222. The van der Waals surface area contributed by atoms with Crippen LogP contribution in [-0.2, 0) is 0 Å². The number of aliphatic hydroxyl groups excluding tert-OH is 2. The molecule has 0 fully saturated rings. The summed E-state index contributed by atoms with van der Waals surface area (Å²) in [6.45, 7) is 1.98. The Morgan fingerprint density at radius 3 is 2.68 bits per heavy atom. The van der Waals surface area contributed by atoms with Crippen molar-refractivity contribution in [2.45, 2.75) is 19.1 Å². The van der Waals surface area contributed by atoms with Gasteiger partial charge in [0, 0.05) is 28.7 Å². The molecule has 1 aliphatic carbocycles. The molecular weight excluding hydrogens is 276 g/mol. The molecule has 2 aromatic carbocycles. The third-order valence-electron chi connectivity index (χ3n) is 4.12. The Hall–Kier alpha value is -2.46. The third-order valence-corrected chi connectivity index (χ3v) is 4.12. The van der Waals surface area contributed by atoms with Crippen molar-refractivity contribution in [1.82, 2.24) is 0 Å². The van der Waals surface area contributed by atoms with Crippen LogP contribution in [0.15, 0.2) is 60.4 Å². The first-order chi connectivity index (χ1) is 10.6. The monoisotopic (exact) mass is 296 g/mol. The molecule has 0 saturated carbocycles. The van der Waals surface area contributed by atoms with Crippen LogP contribution in [0.2, 0.25) is 0 Å². The summed E-state index contributed by atoms with van der Waals surface area (Å²) in [7, 11) is 0. The number of rotatable bonds is 3. The fourth-order valence-electron chi connectivity index (χ4n) is 2.95. The second kappa shape index (κ2) is 5.73. The Bertz CT molecular complexity index is 747. The highest BCUT2D eigenvalue weighted by molar-refractivity contribution is 6.02. The molecule has 22 heavy (non-hydrogen) atoms. The Morgan fingerprint density at radius 2 is 1.91 bits per heavy atom. The summed E-state index contributed by atoms with van der Waals surface area (Å²) in [5.74, 6) is -0.0217. The van der Waals surface area contributed by atoms with E-state index in [1.165, 1.54) is 6.08 Å². The van der Waals surface area contributed by atoms with Crippen LogP contribution in [-0.4, -0.2) is 22.4 Å². The zero-order valence-electron chi connectivity index (χ0n) is 12.4. The predicted octanol–water partition coefficient (Wildman–Crippen LogP) is 3.21. The molecule has 5 N–H and O–H groups in total. The first-order valence-electron chi connectivity index (χ1n) is 7.37.